The molecule has 0 aliphatic carbocycles. The van der Waals surface area contributed by atoms with Crippen LogP contribution in [0, 0.1) is 6.92 Å². The van der Waals surface area contributed by atoms with Gasteiger partial charge in [0.05, 0.1) is 12.5 Å². The van der Waals surface area contributed by atoms with Crippen LogP contribution in [0.4, 0.5) is 0 Å². The molecule has 0 radical (unpaired) electrons. The number of carbonyl (C=O) groups is 1. The zero-order valence-corrected chi connectivity index (χ0v) is 8.35. The van der Waals surface area contributed by atoms with Crippen molar-refractivity contribution in [1.82, 2.24) is 19.5 Å². The number of carboxylic acids is 1. The van der Waals surface area contributed by atoms with E-state index in [-0.39, 0.29) is 5.69 Å². The van der Waals surface area contributed by atoms with Gasteiger partial charge in [0.15, 0.2) is 11.5 Å². The quantitative estimate of drug-likeness (QED) is 0.761. The molecule has 0 aliphatic rings. The number of aromatic amines is 1. The van der Waals surface area contributed by atoms with Crippen molar-refractivity contribution < 1.29 is 9.90 Å². The molecule has 0 aliphatic heterocycles. The summed E-state index contributed by atoms with van der Waals surface area (Å²) in [6, 6.07) is 0. The van der Waals surface area contributed by atoms with Crippen LogP contribution < -0.4 is 0 Å². The number of rotatable bonds is 2. The second-order valence-corrected chi connectivity index (χ2v) is 3.25. The molecule has 0 aromatic carbocycles. The van der Waals surface area contributed by atoms with Gasteiger partial charge in [0.1, 0.15) is 5.69 Å². The Balaban J connectivity index is 2.52. The molecule has 0 saturated heterocycles. The predicted octanol–water partition coefficient (Wildman–Crippen LogP) is 0.817. The third-order valence-electron chi connectivity index (χ3n) is 2.15. The summed E-state index contributed by atoms with van der Waals surface area (Å²) in [5.41, 5.74) is 1.34. The lowest BCUT2D eigenvalue weighted by Gasteiger charge is -1.95. The third kappa shape index (κ3) is 1.50. The van der Waals surface area contributed by atoms with Crippen LogP contribution >= 0.6 is 0 Å². The molecule has 6 nitrogen and oxygen atoms in total. The molecule has 0 atom stereocenters. The van der Waals surface area contributed by atoms with Crippen molar-refractivity contribution >= 4 is 5.97 Å². The summed E-state index contributed by atoms with van der Waals surface area (Å²) >= 11 is 0. The van der Waals surface area contributed by atoms with Gasteiger partial charge in [-0.25, -0.2) is 14.8 Å². The number of carboxylic acid groups (broad SMARTS) is 1. The highest BCUT2D eigenvalue weighted by molar-refractivity contribution is 5.87. The maximum Gasteiger partial charge on any atom is 0.356 e. The molecule has 0 saturated carbocycles. The van der Waals surface area contributed by atoms with Crippen LogP contribution in [0.2, 0.25) is 0 Å². The Kier molecular flexibility index (Phi) is 2.03. The van der Waals surface area contributed by atoms with E-state index in [2.05, 4.69) is 15.0 Å². The number of aromatic carboxylic acids is 1. The molecule has 2 aromatic rings. The van der Waals surface area contributed by atoms with Crippen molar-refractivity contribution in [3.63, 3.8) is 0 Å². The summed E-state index contributed by atoms with van der Waals surface area (Å²) in [5.74, 6) is -0.512. The van der Waals surface area contributed by atoms with Crippen LogP contribution in [-0.4, -0.2) is 30.6 Å². The van der Waals surface area contributed by atoms with Crippen LogP contribution in [-0.2, 0) is 7.05 Å². The number of nitrogens with one attached hydrogen (secondary N) is 1. The predicted molar refractivity (Wildman–Crippen MR) is 52.5 cm³/mol. The molecule has 0 spiro atoms. The molecule has 6 heteroatoms. The number of aryl methyl sites for hydroxylation is 2. The third-order valence-corrected chi connectivity index (χ3v) is 2.15. The lowest BCUT2D eigenvalue weighted by Crippen LogP contribution is -1.98. The summed E-state index contributed by atoms with van der Waals surface area (Å²) in [5, 5.41) is 8.84. The van der Waals surface area contributed by atoms with Gasteiger partial charge in [-0.15, -0.1) is 0 Å². The number of aromatic nitrogens is 4. The zero-order chi connectivity index (χ0) is 11.0. The number of imidazole rings is 2. The normalized spacial score (nSPS) is 10.5. The van der Waals surface area contributed by atoms with Crippen molar-refractivity contribution in [1.29, 1.82) is 0 Å². The van der Waals surface area contributed by atoms with Gasteiger partial charge >= 0.3 is 5.97 Å². The lowest BCUT2D eigenvalue weighted by atomic mass is 10.4. The van der Waals surface area contributed by atoms with Gasteiger partial charge in [-0.3, -0.25) is 0 Å². The molecule has 78 valence electrons. The number of H-pyrrole nitrogens is 1. The first-order chi connectivity index (χ1) is 7.09. The van der Waals surface area contributed by atoms with E-state index in [0.29, 0.717) is 11.5 Å². The largest absolute Gasteiger partial charge is 0.476 e. The van der Waals surface area contributed by atoms with Gasteiger partial charge in [-0.2, -0.15) is 0 Å². The van der Waals surface area contributed by atoms with Gasteiger partial charge in [0.25, 0.3) is 0 Å². The minimum Gasteiger partial charge on any atom is -0.476 e. The molecule has 2 aromatic heterocycles. The Labute approximate surface area is 85.6 Å². The van der Waals surface area contributed by atoms with Crippen molar-refractivity contribution in [2.45, 2.75) is 6.92 Å². The maximum atomic E-state index is 10.8. The average molecular weight is 206 g/mol. The van der Waals surface area contributed by atoms with Gasteiger partial charge in [-0.1, -0.05) is 0 Å². The minimum absolute atomic E-state index is 0.0474. The monoisotopic (exact) mass is 206 g/mol. The molecule has 0 bridgehead atoms. The first kappa shape index (κ1) is 9.45. The zero-order valence-electron chi connectivity index (χ0n) is 8.35. The van der Waals surface area contributed by atoms with Crippen LogP contribution in [0.5, 0.6) is 0 Å². The topological polar surface area (TPSA) is 83.8 Å². The van der Waals surface area contributed by atoms with E-state index in [9.17, 15) is 4.79 Å². The molecule has 2 heterocycles. The highest BCUT2D eigenvalue weighted by atomic mass is 16.4. The maximum absolute atomic E-state index is 10.8. The summed E-state index contributed by atoms with van der Waals surface area (Å²) in [6.07, 6.45) is 3.26. The number of hydrogen-bond acceptors (Lipinski definition) is 3. The van der Waals surface area contributed by atoms with E-state index >= 15 is 0 Å². The first-order valence-electron chi connectivity index (χ1n) is 4.36. The van der Waals surface area contributed by atoms with Crippen LogP contribution in [0.3, 0.4) is 0 Å². The SMILES string of the molecule is Cc1[nH]c(-c2cncn2C)nc1C(=O)O. The van der Waals surface area contributed by atoms with Crippen molar-refractivity contribution in [2.24, 2.45) is 7.05 Å². The van der Waals surface area contributed by atoms with Crippen LogP contribution in [0.15, 0.2) is 12.5 Å². The van der Waals surface area contributed by atoms with Crippen molar-refractivity contribution in [3.05, 3.63) is 23.9 Å². The molecule has 0 unspecified atom stereocenters. The fraction of sp³-hybridized carbons (Fsp3) is 0.222. The summed E-state index contributed by atoms with van der Waals surface area (Å²) < 4.78 is 1.77. The van der Waals surface area contributed by atoms with Crippen molar-refractivity contribution in [3.8, 4) is 11.5 Å². The molecule has 2 rings (SSSR count). The molecule has 2 N–H and O–H groups in total. The highest BCUT2D eigenvalue weighted by Crippen LogP contribution is 2.16. The van der Waals surface area contributed by atoms with Crippen LogP contribution in [0.1, 0.15) is 16.2 Å². The van der Waals surface area contributed by atoms with Crippen LogP contribution in [0.25, 0.3) is 11.5 Å². The van der Waals surface area contributed by atoms with Gasteiger partial charge in [-0.05, 0) is 6.92 Å². The van der Waals surface area contributed by atoms with E-state index in [4.69, 9.17) is 5.11 Å². The fourth-order valence-corrected chi connectivity index (χ4v) is 1.38. The Hall–Kier alpha value is -2.11. The van der Waals surface area contributed by atoms with E-state index in [1.165, 1.54) is 0 Å². The Morgan fingerprint density at radius 3 is 2.80 bits per heavy atom. The number of hydrogen-bond donors (Lipinski definition) is 2. The summed E-state index contributed by atoms with van der Waals surface area (Å²) in [6.45, 7) is 1.68. The number of nitrogens with zero attached hydrogens (tertiary/aromatic N) is 3. The molecular formula is C9H10N4O2. The average Bonchev–Trinajstić information content (AvgIpc) is 2.71. The van der Waals surface area contributed by atoms with Crippen molar-refractivity contribution in [2.75, 3.05) is 0 Å². The Morgan fingerprint density at radius 2 is 2.33 bits per heavy atom. The molecule has 15 heavy (non-hydrogen) atoms. The van der Waals surface area contributed by atoms with Gasteiger partial charge < -0.3 is 14.7 Å². The second kappa shape index (κ2) is 3.23. The standard InChI is InChI=1S/C9H10N4O2/c1-5-7(9(14)15)12-8(11-5)6-3-10-4-13(6)2/h3-4H,1-2H3,(H,11,12)(H,14,15). The molecule has 0 fully saturated rings. The summed E-state index contributed by atoms with van der Waals surface area (Å²) in [4.78, 5) is 21.6. The molecule has 0 amide bonds. The minimum atomic E-state index is -1.03. The van der Waals surface area contributed by atoms with E-state index in [1.54, 1.807) is 24.0 Å². The Morgan fingerprint density at radius 1 is 1.60 bits per heavy atom. The fourth-order valence-electron chi connectivity index (χ4n) is 1.38. The highest BCUT2D eigenvalue weighted by Gasteiger charge is 2.15. The van der Waals surface area contributed by atoms with E-state index in [0.717, 1.165) is 5.69 Å². The van der Waals surface area contributed by atoms with E-state index < -0.39 is 5.97 Å². The van der Waals surface area contributed by atoms with Gasteiger partial charge in [0.2, 0.25) is 0 Å². The second-order valence-electron chi connectivity index (χ2n) is 3.25. The smallest absolute Gasteiger partial charge is 0.356 e. The summed E-state index contributed by atoms with van der Waals surface area (Å²) in [7, 11) is 1.82. The lowest BCUT2D eigenvalue weighted by molar-refractivity contribution is 0.0690. The Bertz CT molecular complexity index is 512. The van der Waals surface area contributed by atoms with E-state index in [1.807, 2.05) is 7.05 Å². The molecular weight excluding hydrogens is 196 g/mol. The van der Waals surface area contributed by atoms with Gasteiger partial charge in [0, 0.05) is 12.7 Å². The first-order valence-corrected chi connectivity index (χ1v) is 4.36.